The van der Waals surface area contributed by atoms with Crippen molar-refractivity contribution >= 4 is 0 Å². The Labute approximate surface area is 130 Å². The third-order valence-corrected chi connectivity index (χ3v) is 5.28. The van der Waals surface area contributed by atoms with Gasteiger partial charge in [-0.25, -0.2) is 4.39 Å². The van der Waals surface area contributed by atoms with E-state index < -0.39 is 0 Å². The summed E-state index contributed by atoms with van der Waals surface area (Å²) in [5.74, 6) is 0.319. The van der Waals surface area contributed by atoms with E-state index in [4.69, 9.17) is 0 Å². The van der Waals surface area contributed by atoms with Crippen LogP contribution in [-0.4, -0.2) is 34.2 Å². The molecule has 1 aliphatic heterocycles. The Bertz CT molecular complexity index is 630. The zero-order chi connectivity index (χ0) is 14.9. The van der Waals surface area contributed by atoms with Crippen LogP contribution in [0.15, 0.2) is 30.5 Å². The number of benzene rings is 1. The molecule has 0 spiro atoms. The molecule has 1 atom stereocenters. The van der Waals surface area contributed by atoms with Gasteiger partial charge >= 0.3 is 0 Å². The Balaban J connectivity index is 1.57. The molecule has 1 saturated carbocycles. The average Bonchev–Trinajstić information content (AvgIpc) is 2.96. The quantitative estimate of drug-likeness (QED) is 0.930. The zero-order valence-corrected chi connectivity index (χ0v) is 12.8. The molecule has 116 valence electrons. The Kier molecular flexibility index (Phi) is 3.70. The van der Waals surface area contributed by atoms with Crippen LogP contribution in [0.25, 0.3) is 11.1 Å². The lowest BCUT2D eigenvalue weighted by molar-refractivity contribution is 0.0938. The number of hydrogen-bond donors (Lipinski definition) is 1. The van der Waals surface area contributed by atoms with E-state index in [-0.39, 0.29) is 5.82 Å². The van der Waals surface area contributed by atoms with Crippen molar-refractivity contribution in [3.63, 3.8) is 0 Å². The van der Waals surface area contributed by atoms with Crippen LogP contribution in [0.4, 0.5) is 4.39 Å². The number of rotatable bonds is 3. The highest BCUT2D eigenvalue weighted by molar-refractivity contribution is 5.65. The number of likely N-dealkylation sites (tertiary alicyclic amines) is 1. The normalized spacial score (nSPS) is 23.4. The van der Waals surface area contributed by atoms with E-state index in [1.807, 2.05) is 18.3 Å². The van der Waals surface area contributed by atoms with Crippen molar-refractivity contribution in [1.29, 1.82) is 0 Å². The number of aromatic nitrogens is 2. The lowest BCUT2D eigenvalue weighted by Crippen LogP contribution is -2.45. The second-order valence-electron chi connectivity index (χ2n) is 6.62. The molecular formula is C18H22FN3. The molecule has 0 bridgehead atoms. The summed E-state index contributed by atoms with van der Waals surface area (Å²) in [6.45, 7) is 2.36. The minimum atomic E-state index is -0.192. The van der Waals surface area contributed by atoms with Crippen LogP contribution < -0.4 is 0 Å². The number of H-pyrrole nitrogens is 1. The summed E-state index contributed by atoms with van der Waals surface area (Å²) in [6.07, 6.45) is 8.45. The van der Waals surface area contributed by atoms with Gasteiger partial charge in [0.2, 0.25) is 0 Å². The highest BCUT2D eigenvalue weighted by Gasteiger charge is 2.31. The van der Waals surface area contributed by atoms with Gasteiger partial charge in [-0.15, -0.1) is 0 Å². The molecule has 0 amide bonds. The van der Waals surface area contributed by atoms with E-state index in [0.717, 1.165) is 23.7 Å². The largest absolute Gasteiger partial charge is 0.300 e. The Morgan fingerprint density at radius 2 is 1.91 bits per heavy atom. The lowest BCUT2D eigenvalue weighted by atomic mass is 9.85. The minimum Gasteiger partial charge on any atom is -0.300 e. The number of piperidine rings is 1. The third-order valence-electron chi connectivity index (χ3n) is 5.28. The van der Waals surface area contributed by atoms with Crippen LogP contribution in [0.2, 0.25) is 0 Å². The Hall–Kier alpha value is -1.68. The topological polar surface area (TPSA) is 31.9 Å². The smallest absolute Gasteiger partial charge is 0.123 e. The van der Waals surface area contributed by atoms with E-state index in [1.54, 1.807) is 0 Å². The van der Waals surface area contributed by atoms with Crippen molar-refractivity contribution in [2.45, 2.75) is 44.1 Å². The van der Waals surface area contributed by atoms with Crippen LogP contribution in [0.1, 0.15) is 43.7 Å². The van der Waals surface area contributed by atoms with Crippen LogP contribution >= 0.6 is 0 Å². The predicted octanol–water partition coefficient (Wildman–Crippen LogP) is 3.95. The second-order valence-corrected chi connectivity index (χ2v) is 6.62. The fraction of sp³-hybridized carbons (Fsp3) is 0.500. The molecule has 1 aliphatic carbocycles. The predicted molar refractivity (Wildman–Crippen MR) is 85.2 cm³/mol. The van der Waals surface area contributed by atoms with Crippen molar-refractivity contribution in [2.24, 2.45) is 0 Å². The lowest BCUT2D eigenvalue weighted by Gasteiger charge is -2.42. The number of aromatic amines is 1. The van der Waals surface area contributed by atoms with Crippen LogP contribution in [0.3, 0.4) is 0 Å². The SMILES string of the molecule is Fc1ccc(-c2cn[nH]c2C2CCCN(C3CCC3)C2)cc1. The summed E-state index contributed by atoms with van der Waals surface area (Å²) in [5, 5.41) is 7.48. The van der Waals surface area contributed by atoms with Gasteiger partial charge in [0, 0.05) is 29.8 Å². The van der Waals surface area contributed by atoms with Crippen molar-refractivity contribution in [1.82, 2.24) is 15.1 Å². The van der Waals surface area contributed by atoms with Gasteiger partial charge in [0.05, 0.1) is 6.20 Å². The van der Waals surface area contributed by atoms with Crippen molar-refractivity contribution in [3.8, 4) is 11.1 Å². The van der Waals surface area contributed by atoms with Crippen molar-refractivity contribution < 1.29 is 4.39 Å². The van der Waals surface area contributed by atoms with Crippen LogP contribution in [0.5, 0.6) is 0 Å². The highest BCUT2D eigenvalue weighted by atomic mass is 19.1. The molecule has 2 aliphatic rings. The molecule has 22 heavy (non-hydrogen) atoms. The summed E-state index contributed by atoms with van der Waals surface area (Å²) >= 11 is 0. The van der Waals surface area contributed by atoms with Gasteiger partial charge < -0.3 is 0 Å². The molecule has 2 aromatic rings. The molecular weight excluding hydrogens is 277 g/mol. The molecule has 1 saturated heterocycles. The zero-order valence-electron chi connectivity index (χ0n) is 12.8. The number of nitrogens with zero attached hydrogens (tertiary/aromatic N) is 2. The maximum atomic E-state index is 13.1. The Morgan fingerprint density at radius 1 is 1.09 bits per heavy atom. The minimum absolute atomic E-state index is 0.192. The first kappa shape index (κ1) is 13.9. The second kappa shape index (κ2) is 5.84. The number of hydrogen-bond acceptors (Lipinski definition) is 2. The summed E-state index contributed by atoms with van der Waals surface area (Å²) in [6, 6.07) is 7.54. The monoisotopic (exact) mass is 299 g/mol. The van der Waals surface area contributed by atoms with Crippen molar-refractivity contribution in [2.75, 3.05) is 13.1 Å². The molecule has 0 radical (unpaired) electrons. The first-order valence-electron chi connectivity index (χ1n) is 8.34. The molecule has 1 aromatic heterocycles. The third kappa shape index (κ3) is 2.56. The van der Waals surface area contributed by atoms with E-state index in [0.29, 0.717) is 5.92 Å². The molecule has 2 heterocycles. The molecule has 1 N–H and O–H groups in total. The van der Waals surface area contributed by atoms with Gasteiger partial charge in [-0.3, -0.25) is 10.00 Å². The molecule has 4 rings (SSSR count). The molecule has 3 nitrogen and oxygen atoms in total. The molecule has 1 unspecified atom stereocenters. The van der Waals surface area contributed by atoms with Crippen LogP contribution in [0, 0.1) is 5.82 Å². The maximum absolute atomic E-state index is 13.1. The van der Waals surface area contributed by atoms with Gasteiger partial charge in [-0.2, -0.15) is 5.10 Å². The van der Waals surface area contributed by atoms with Gasteiger partial charge in [0.1, 0.15) is 5.82 Å². The fourth-order valence-electron chi connectivity index (χ4n) is 3.79. The Morgan fingerprint density at radius 3 is 2.64 bits per heavy atom. The van der Waals surface area contributed by atoms with Gasteiger partial charge in [-0.1, -0.05) is 18.6 Å². The number of nitrogens with one attached hydrogen (secondary N) is 1. The first-order chi connectivity index (χ1) is 10.8. The maximum Gasteiger partial charge on any atom is 0.123 e. The first-order valence-corrected chi connectivity index (χ1v) is 8.34. The molecule has 1 aromatic carbocycles. The molecule has 4 heteroatoms. The van der Waals surface area contributed by atoms with Gasteiger partial charge in [0.15, 0.2) is 0 Å². The van der Waals surface area contributed by atoms with Gasteiger partial charge in [-0.05, 0) is 49.9 Å². The average molecular weight is 299 g/mol. The van der Waals surface area contributed by atoms with E-state index in [9.17, 15) is 4.39 Å². The number of halogens is 1. The summed E-state index contributed by atoms with van der Waals surface area (Å²) in [7, 11) is 0. The van der Waals surface area contributed by atoms with Gasteiger partial charge in [0.25, 0.3) is 0 Å². The van der Waals surface area contributed by atoms with E-state index in [1.165, 1.54) is 56.5 Å². The summed E-state index contributed by atoms with van der Waals surface area (Å²) in [5.41, 5.74) is 3.39. The van der Waals surface area contributed by atoms with Crippen molar-refractivity contribution in [3.05, 3.63) is 42.0 Å². The standard InChI is InChI=1S/C18H22FN3/c19-15-8-6-13(7-9-15)17-11-20-21-18(17)14-3-2-10-22(12-14)16-4-1-5-16/h6-9,11,14,16H,1-5,10,12H2,(H,20,21). The van der Waals surface area contributed by atoms with E-state index >= 15 is 0 Å². The van der Waals surface area contributed by atoms with E-state index in [2.05, 4.69) is 15.1 Å². The van der Waals surface area contributed by atoms with Crippen LogP contribution in [-0.2, 0) is 0 Å². The summed E-state index contributed by atoms with van der Waals surface area (Å²) in [4.78, 5) is 2.66. The fourth-order valence-corrected chi connectivity index (χ4v) is 3.79. The molecule has 2 fully saturated rings. The summed E-state index contributed by atoms with van der Waals surface area (Å²) < 4.78 is 13.1. The highest BCUT2D eigenvalue weighted by Crippen LogP contribution is 2.36.